The van der Waals surface area contributed by atoms with Crippen LogP contribution in [0.1, 0.15) is 13.8 Å². The molecular formula is C7H18GeO. The van der Waals surface area contributed by atoms with Crippen LogP contribution in [0.4, 0.5) is 0 Å². The van der Waals surface area contributed by atoms with Crippen molar-refractivity contribution in [2.45, 2.75) is 36.1 Å². The molecule has 0 spiro atoms. The molecule has 0 aromatic heterocycles. The second-order valence-corrected chi connectivity index (χ2v) is 15.2. The minimum atomic E-state index is -1.72. The van der Waals surface area contributed by atoms with Crippen LogP contribution >= 0.6 is 0 Å². The van der Waals surface area contributed by atoms with E-state index in [1.54, 1.807) is 0 Å². The number of aliphatic hydroxyl groups excluding tert-OH is 1. The van der Waals surface area contributed by atoms with Gasteiger partial charge in [-0.2, -0.15) is 0 Å². The fourth-order valence-electron chi connectivity index (χ4n) is 1.00. The summed E-state index contributed by atoms with van der Waals surface area (Å²) in [6.07, 6.45) is 0. The van der Waals surface area contributed by atoms with E-state index in [1.165, 1.54) is 0 Å². The van der Waals surface area contributed by atoms with Gasteiger partial charge < -0.3 is 0 Å². The van der Waals surface area contributed by atoms with Gasteiger partial charge in [0, 0.05) is 0 Å². The first-order valence-electron chi connectivity index (χ1n) is 3.53. The molecule has 9 heavy (non-hydrogen) atoms. The van der Waals surface area contributed by atoms with Crippen LogP contribution in [0.5, 0.6) is 0 Å². The van der Waals surface area contributed by atoms with Crippen LogP contribution < -0.4 is 0 Å². The van der Waals surface area contributed by atoms with Gasteiger partial charge in [0.1, 0.15) is 0 Å². The normalized spacial score (nSPS) is 16.3. The Labute approximate surface area is 60.8 Å². The quantitative estimate of drug-likeness (QED) is 0.660. The van der Waals surface area contributed by atoms with Crippen LogP contribution in [-0.4, -0.2) is 23.3 Å². The zero-order chi connectivity index (χ0) is 7.65. The summed E-state index contributed by atoms with van der Waals surface area (Å²) in [5.74, 6) is 7.17. The van der Waals surface area contributed by atoms with E-state index in [9.17, 15) is 5.11 Å². The molecule has 0 saturated carbocycles. The Morgan fingerprint density at radius 1 is 1.11 bits per heavy atom. The van der Waals surface area contributed by atoms with Gasteiger partial charge in [0.15, 0.2) is 0 Å². The van der Waals surface area contributed by atoms with Gasteiger partial charge in [-0.1, -0.05) is 0 Å². The summed E-state index contributed by atoms with van der Waals surface area (Å²) in [7, 11) is 0. The van der Waals surface area contributed by atoms with E-state index >= 15 is 0 Å². The van der Waals surface area contributed by atoms with Crippen LogP contribution in [0.15, 0.2) is 0 Å². The van der Waals surface area contributed by atoms with Crippen molar-refractivity contribution in [3.05, 3.63) is 0 Å². The van der Waals surface area contributed by atoms with Crippen LogP contribution in [-0.2, 0) is 0 Å². The van der Waals surface area contributed by atoms with Gasteiger partial charge >= 0.3 is 60.3 Å². The van der Waals surface area contributed by atoms with Gasteiger partial charge in [0.2, 0.25) is 0 Å². The van der Waals surface area contributed by atoms with E-state index in [0.29, 0.717) is 5.92 Å². The molecule has 0 fully saturated rings. The Bertz CT molecular complexity index is 83.4. The predicted molar refractivity (Wildman–Crippen MR) is 44.2 cm³/mol. The molecule has 0 bridgehead atoms. The maximum atomic E-state index is 9.55. The first-order valence-corrected chi connectivity index (χ1v) is 11.0. The molecule has 1 unspecified atom stereocenters. The van der Waals surface area contributed by atoms with E-state index in [0.717, 1.165) is 0 Å². The van der Waals surface area contributed by atoms with Crippen molar-refractivity contribution < 1.29 is 5.11 Å². The van der Waals surface area contributed by atoms with E-state index in [-0.39, 0.29) is 4.94 Å². The molecule has 0 aliphatic carbocycles. The van der Waals surface area contributed by atoms with Gasteiger partial charge in [0.25, 0.3) is 0 Å². The molecule has 1 nitrogen and oxygen atoms in total. The third-order valence-corrected chi connectivity index (χ3v) is 6.64. The number of rotatable bonds is 2. The average molecular weight is 191 g/mol. The molecular weight excluding hydrogens is 173 g/mol. The molecule has 0 heterocycles. The second-order valence-electron chi connectivity index (χ2n) is 4.05. The van der Waals surface area contributed by atoms with Crippen LogP contribution in [0, 0.1) is 5.92 Å². The van der Waals surface area contributed by atoms with E-state index in [1.807, 2.05) is 0 Å². The second kappa shape index (κ2) is 3.06. The van der Waals surface area contributed by atoms with Gasteiger partial charge in [0.05, 0.1) is 0 Å². The Kier molecular flexibility index (Phi) is 3.23. The first kappa shape index (κ1) is 9.50. The van der Waals surface area contributed by atoms with Crippen molar-refractivity contribution in [3.8, 4) is 0 Å². The summed E-state index contributed by atoms with van der Waals surface area (Å²) >= 11 is -1.72. The van der Waals surface area contributed by atoms with Gasteiger partial charge in [-0.3, -0.25) is 0 Å². The predicted octanol–water partition coefficient (Wildman–Crippen LogP) is 1.88. The van der Waals surface area contributed by atoms with Gasteiger partial charge in [-0.25, -0.2) is 0 Å². The first-order chi connectivity index (χ1) is 3.85. The van der Waals surface area contributed by atoms with Crippen molar-refractivity contribution in [2.24, 2.45) is 5.92 Å². The minimum absolute atomic E-state index is 0.00463. The van der Waals surface area contributed by atoms with E-state index in [2.05, 4.69) is 31.1 Å². The summed E-state index contributed by atoms with van der Waals surface area (Å²) in [6.45, 7) is 4.17. The number of hydrogen-bond acceptors (Lipinski definition) is 1. The Morgan fingerprint density at radius 3 is 1.44 bits per heavy atom. The molecule has 0 aliphatic rings. The molecule has 56 valence electrons. The molecule has 0 aromatic rings. The van der Waals surface area contributed by atoms with Crippen LogP contribution in [0.2, 0.25) is 17.3 Å². The van der Waals surface area contributed by atoms with Gasteiger partial charge in [-0.05, 0) is 0 Å². The SMILES string of the molecule is CC(C)[CH](O)[Ge]([CH3])([CH3])[CH3]. The summed E-state index contributed by atoms with van der Waals surface area (Å²) in [5, 5.41) is 9.55. The third-order valence-electron chi connectivity index (χ3n) is 1.52. The fourth-order valence-corrected chi connectivity index (χ4v) is 5.20. The molecule has 0 aromatic carbocycles. The topological polar surface area (TPSA) is 20.2 Å². The maximum absolute atomic E-state index is 9.55. The Morgan fingerprint density at radius 2 is 1.44 bits per heavy atom. The average Bonchev–Trinajstić information content (AvgIpc) is 1.62. The standard InChI is InChI=1S/C7H18GeO/c1-6(2)7(9)8(3,4)5/h6-7,9H,1-5H3. The zero-order valence-electron chi connectivity index (χ0n) is 7.10. The molecule has 0 saturated heterocycles. The fraction of sp³-hybridized carbons (Fsp3) is 1.00. The molecule has 1 N–H and O–H groups in total. The summed E-state index contributed by atoms with van der Waals surface area (Å²) in [6, 6.07) is 0. The van der Waals surface area contributed by atoms with E-state index < -0.39 is 13.3 Å². The van der Waals surface area contributed by atoms with E-state index in [4.69, 9.17) is 0 Å². The number of hydrogen-bond donors (Lipinski definition) is 1. The van der Waals surface area contributed by atoms with Crippen molar-refractivity contribution in [1.29, 1.82) is 0 Å². The number of aliphatic hydroxyl groups is 1. The molecule has 0 amide bonds. The summed E-state index contributed by atoms with van der Waals surface area (Å²) < 4.78 is 0. The van der Waals surface area contributed by atoms with Crippen molar-refractivity contribution in [1.82, 2.24) is 0 Å². The van der Waals surface area contributed by atoms with Crippen LogP contribution in [0.3, 0.4) is 0 Å². The Hall–Kier alpha value is 0.503. The summed E-state index contributed by atoms with van der Waals surface area (Å²) in [5.41, 5.74) is 0. The van der Waals surface area contributed by atoms with Crippen molar-refractivity contribution >= 4 is 13.3 Å². The summed E-state index contributed by atoms with van der Waals surface area (Å²) in [4.78, 5) is 0.00463. The monoisotopic (exact) mass is 192 g/mol. The van der Waals surface area contributed by atoms with Crippen LogP contribution in [0.25, 0.3) is 0 Å². The third kappa shape index (κ3) is 3.26. The van der Waals surface area contributed by atoms with Crippen molar-refractivity contribution in [2.75, 3.05) is 0 Å². The molecule has 0 rings (SSSR count). The zero-order valence-corrected chi connectivity index (χ0v) is 9.20. The van der Waals surface area contributed by atoms with Crippen molar-refractivity contribution in [3.63, 3.8) is 0 Å². The van der Waals surface area contributed by atoms with Gasteiger partial charge in [-0.15, -0.1) is 0 Å². The molecule has 1 atom stereocenters. The molecule has 0 aliphatic heterocycles. The Balaban J connectivity index is 3.88. The molecule has 0 radical (unpaired) electrons. The molecule has 2 heteroatoms.